The molecule has 0 heterocycles. The number of carboxylic acids is 1. The van der Waals surface area contributed by atoms with E-state index in [1.165, 1.54) is 11.0 Å². The summed E-state index contributed by atoms with van der Waals surface area (Å²) in [7, 11) is 0. The van der Waals surface area contributed by atoms with E-state index in [1.807, 2.05) is 0 Å². The lowest BCUT2D eigenvalue weighted by atomic mass is 10.2. The molecule has 0 aliphatic carbocycles. The summed E-state index contributed by atoms with van der Waals surface area (Å²) in [6, 6.07) is 3.32. The lowest BCUT2D eigenvalue weighted by Crippen LogP contribution is -2.39. The second kappa shape index (κ2) is 6.67. The lowest BCUT2D eigenvalue weighted by molar-refractivity contribution is -0.137. The van der Waals surface area contributed by atoms with E-state index < -0.39 is 30.1 Å². The average molecular weight is 272 g/mol. The van der Waals surface area contributed by atoms with E-state index in [1.54, 1.807) is 6.92 Å². The minimum Gasteiger partial charge on any atom is -0.480 e. The van der Waals surface area contributed by atoms with Crippen LogP contribution in [0.25, 0.3) is 0 Å². The van der Waals surface area contributed by atoms with Crippen molar-refractivity contribution in [2.75, 3.05) is 24.5 Å². The number of anilines is 1. The minimum atomic E-state index is -1.15. The molecule has 1 aromatic rings. The van der Waals surface area contributed by atoms with Crippen LogP contribution in [0.4, 0.5) is 14.5 Å². The molecule has 1 aromatic carbocycles. The predicted octanol–water partition coefficient (Wildman–Crippen LogP) is 0.992. The van der Waals surface area contributed by atoms with Crippen LogP contribution in [-0.4, -0.2) is 36.6 Å². The van der Waals surface area contributed by atoms with Crippen LogP contribution in [0, 0.1) is 11.6 Å². The average Bonchev–Trinajstić information content (AvgIpc) is 2.37. The summed E-state index contributed by atoms with van der Waals surface area (Å²) in [5.41, 5.74) is 0.354. The van der Waals surface area contributed by atoms with Crippen molar-refractivity contribution in [3.8, 4) is 0 Å². The number of amides is 1. The SMILES string of the molecule is CCN(CC(=O)NCC(=O)O)c1ccc(F)c(F)c1. The zero-order valence-corrected chi connectivity index (χ0v) is 10.3. The van der Waals surface area contributed by atoms with Gasteiger partial charge in [-0.25, -0.2) is 8.78 Å². The standard InChI is InChI=1S/C12H14F2N2O3/c1-2-16(7-11(17)15-6-12(18)19)8-3-4-9(13)10(14)5-8/h3-5H,2,6-7H2,1H3,(H,15,17)(H,18,19). The first kappa shape index (κ1) is 14.9. The topological polar surface area (TPSA) is 69.6 Å². The molecule has 0 bridgehead atoms. The highest BCUT2D eigenvalue weighted by molar-refractivity contribution is 5.84. The molecule has 104 valence electrons. The van der Waals surface area contributed by atoms with Crippen LogP contribution >= 0.6 is 0 Å². The summed E-state index contributed by atoms with van der Waals surface area (Å²) >= 11 is 0. The summed E-state index contributed by atoms with van der Waals surface area (Å²) < 4.78 is 25.9. The van der Waals surface area contributed by atoms with Crippen molar-refractivity contribution in [3.05, 3.63) is 29.8 Å². The quantitative estimate of drug-likeness (QED) is 0.810. The molecule has 0 fully saturated rings. The number of carbonyl (C=O) groups excluding carboxylic acids is 1. The van der Waals surface area contributed by atoms with Gasteiger partial charge in [0.05, 0.1) is 6.54 Å². The van der Waals surface area contributed by atoms with Crippen LogP contribution in [0.3, 0.4) is 0 Å². The van der Waals surface area contributed by atoms with E-state index in [0.717, 1.165) is 12.1 Å². The highest BCUT2D eigenvalue weighted by atomic mass is 19.2. The number of nitrogens with one attached hydrogen (secondary N) is 1. The van der Waals surface area contributed by atoms with Crippen molar-refractivity contribution in [3.63, 3.8) is 0 Å². The van der Waals surface area contributed by atoms with Crippen LogP contribution in [0.15, 0.2) is 18.2 Å². The second-order valence-corrected chi connectivity index (χ2v) is 3.78. The Labute approximate surface area is 108 Å². The summed E-state index contributed by atoms with van der Waals surface area (Å²) in [4.78, 5) is 23.2. The monoisotopic (exact) mass is 272 g/mol. The molecule has 0 saturated heterocycles. The molecular formula is C12H14F2N2O3. The highest BCUT2D eigenvalue weighted by Gasteiger charge is 2.12. The number of nitrogens with zero attached hydrogens (tertiary/aromatic N) is 1. The van der Waals surface area contributed by atoms with Gasteiger partial charge >= 0.3 is 5.97 Å². The Kier molecular flexibility index (Phi) is 5.23. The van der Waals surface area contributed by atoms with Crippen LogP contribution in [-0.2, 0) is 9.59 Å². The van der Waals surface area contributed by atoms with Crippen molar-refractivity contribution in [2.45, 2.75) is 6.92 Å². The fourth-order valence-corrected chi connectivity index (χ4v) is 1.47. The zero-order chi connectivity index (χ0) is 14.4. The van der Waals surface area contributed by atoms with Crippen molar-refractivity contribution < 1.29 is 23.5 Å². The fraction of sp³-hybridized carbons (Fsp3) is 0.333. The molecule has 1 amide bonds. The van der Waals surface area contributed by atoms with Gasteiger partial charge in [0, 0.05) is 18.3 Å². The maximum absolute atomic E-state index is 13.1. The van der Waals surface area contributed by atoms with Gasteiger partial charge in [-0.3, -0.25) is 9.59 Å². The van der Waals surface area contributed by atoms with E-state index in [4.69, 9.17) is 5.11 Å². The molecule has 0 radical (unpaired) electrons. The molecule has 0 aliphatic heterocycles. The lowest BCUT2D eigenvalue weighted by Gasteiger charge is -2.22. The number of rotatable bonds is 6. The molecule has 0 spiro atoms. The first-order valence-corrected chi connectivity index (χ1v) is 5.62. The molecular weight excluding hydrogens is 258 g/mol. The van der Waals surface area contributed by atoms with E-state index in [2.05, 4.69) is 5.32 Å². The van der Waals surface area contributed by atoms with Gasteiger partial charge in [0.15, 0.2) is 11.6 Å². The summed E-state index contributed by atoms with van der Waals surface area (Å²) in [6.45, 7) is 1.53. The second-order valence-electron chi connectivity index (χ2n) is 3.78. The molecule has 7 heteroatoms. The maximum Gasteiger partial charge on any atom is 0.322 e. The van der Waals surface area contributed by atoms with Crippen molar-refractivity contribution in [1.82, 2.24) is 5.32 Å². The third-order valence-electron chi connectivity index (χ3n) is 2.42. The van der Waals surface area contributed by atoms with Crippen molar-refractivity contribution in [2.24, 2.45) is 0 Å². The van der Waals surface area contributed by atoms with E-state index >= 15 is 0 Å². The minimum absolute atomic E-state index is 0.130. The molecule has 0 atom stereocenters. The first-order valence-electron chi connectivity index (χ1n) is 5.62. The van der Waals surface area contributed by atoms with Crippen molar-refractivity contribution >= 4 is 17.6 Å². The molecule has 1 rings (SSSR count). The van der Waals surface area contributed by atoms with Crippen LogP contribution in [0.1, 0.15) is 6.92 Å². The number of halogens is 2. The van der Waals surface area contributed by atoms with Gasteiger partial charge in [0.2, 0.25) is 5.91 Å². The number of benzene rings is 1. The summed E-state index contributed by atoms with van der Waals surface area (Å²) in [6.07, 6.45) is 0. The largest absolute Gasteiger partial charge is 0.480 e. The third-order valence-corrected chi connectivity index (χ3v) is 2.42. The van der Waals surface area contributed by atoms with E-state index in [0.29, 0.717) is 12.2 Å². The molecule has 19 heavy (non-hydrogen) atoms. The fourth-order valence-electron chi connectivity index (χ4n) is 1.47. The van der Waals surface area contributed by atoms with Gasteiger partial charge in [0.25, 0.3) is 0 Å². The maximum atomic E-state index is 13.1. The Morgan fingerprint density at radius 2 is 2.00 bits per heavy atom. The number of aliphatic carboxylic acids is 1. The molecule has 5 nitrogen and oxygen atoms in total. The Bertz CT molecular complexity index is 480. The Morgan fingerprint density at radius 3 is 2.53 bits per heavy atom. The number of hydrogen-bond acceptors (Lipinski definition) is 3. The van der Waals surface area contributed by atoms with Gasteiger partial charge < -0.3 is 15.3 Å². The van der Waals surface area contributed by atoms with Gasteiger partial charge in [0.1, 0.15) is 6.54 Å². The molecule has 0 unspecified atom stereocenters. The molecule has 0 aliphatic rings. The highest BCUT2D eigenvalue weighted by Crippen LogP contribution is 2.17. The Morgan fingerprint density at radius 1 is 1.32 bits per heavy atom. The Balaban J connectivity index is 2.69. The molecule has 0 saturated carbocycles. The first-order chi connectivity index (χ1) is 8.93. The predicted molar refractivity (Wildman–Crippen MR) is 64.9 cm³/mol. The number of hydrogen-bond donors (Lipinski definition) is 2. The molecule has 0 aromatic heterocycles. The number of carbonyl (C=O) groups is 2. The van der Waals surface area contributed by atoms with E-state index in [9.17, 15) is 18.4 Å². The van der Waals surface area contributed by atoms with Crippen LogP contribution in [0.5, 0.6) is 0 Å². The van der Waals surface area contributed by atoms with Gasteiger partial charge in [-0.15, -0.1) is 0 Å². The number of likely N-dealkylation sites (N-methyl/N-ethyl adjacent to an activating group) is 1. The van der Waals surface area contributed by atoms with Crippen molar-refractivity contribution in [1.29, 1.82) is 0 Å². The summed E-state index contributed by atoms with van der Waals surface area (Å²) in [5.74, 6) is -3.62. The van der Waals surface area contributed by atoms with Gasteiger partial charge in [-0.2, -0.15) is 0 Å². The van der Waals surface area contributed by atoms with Gasteiger partial charge in [-0.1, -0.05) is 0 Å². The normalized spacial score (nSPS) is 10.1. The van der Waals surface area contributed by atoms with E-state index in [-0.39, 0.29) is 6.54 Å². The van der Waals surface area contributed by atoms with Crippen LogP contribution in [0.2, 0.25) is 0 Å². The van der Waals surface area contributed by atoms with Crippen LogP contribution < -0.4 is 10.2 Å². The molecule has 2 N–H and O–H groups in total. The number of carboxylic acid groups (broad SMARTS) is 1. The Hall–Kier alpha value is -2.18. The third kappa shape index (κ3) is 4.53. The zero-order valence-electron chi connectivity index (χ0n) is 10.3. The van der Waals surface area contributed by atoms with Gasteiger partial charge in [-0.05, 0) is 19.1 Å². The smallest absolute Gasteiger partial charge is 0.322 e. The summed E-state index contributed by atoms with van der Waals surface area (Å²) in [5, 5.41) is 10.6.